The lowest BCUT2D eigenvalue weighted by Gasteiger charge is -2.26. The summed E-state index contributed by atoms with van der Waals surface area (Å²) in [6.45, 7) is 7.14. The van der Waals surface area contributed by atoms with Crippen LogP contribution in [0.3, 0.4) is 0 Å². The number of carbonyl (C=O) groups excluding carboxylic acids is 1. The van der Waals surface area contributed by atoms with Gasteiger partial charge in [0.15, 0.2) is 0 Å². The Balaban J connectivity index is 1.48. The van der Waals surface area contributed by atoms with Crippen molar-refractivity contribution in [3.8, 4) is 0 Å². The first-order valence-corrected chi connectivity index (χ1v) is 9.84. The fourth-order valence-electron chi connectivity index (χ4n) is 3.09. The summed E-state index contributed by atoms with van der Waals surface area (Å²) >= 11 is 1.31. The summed E-state index contributed by atoms with van der Waals surface area (Å²) in [5.41, 5.74) is -0.228. The highest BCUT2D eigenvalue weighted by Gasteiger charge is 2.20. The van der Waals surface area contributed by atoms with Gasteiger partial charge < -0.3 is 19.7 Å². The van der Waals surface area contributed by atoms with Gasteiger partial charge in [0.1, 0.15) is 5.69 Å². The van der Waals surface area contributed by atoms with E-state index < -0.39 is 5.56 Å². The van der Waals surface area contributed by atoms with E-state index in [4.69, 9.17) is 9.47 Å². The molecule has 0 unspecified atom stereocenters. The lowest BCUT2D eigenvalue weighted by atomic mass is 10.3. The van der Waals surface area contributed by atoms with Crippen LogP contribution in [0, 0.1) is 0 Å². The Bertz CT molecular complexity index is 856. The van der Waals surface area contributed by atoms with Crippen molar-refractivity contribution in [3.63, 3.8) is 0 Å². The van der Waals surface area contributed by atoms with Gasteiger partial charge in [-0.15, -0.1) is 5.10 Å². The molecule has 27 heavy (non-hydrogen) atoms. The molecule has 0 bridgehead atoms. The van der Waals surface area contributed by atoms with E-state index in [0.29, 0.717) is 24.7 Å². The van der Waals surface area contributed by atoms with Crippen LogP contribution in [0.25, 0.3) is 4.96 Å². The third-order valence-electron chi connectivity index (χ3n) is 4.58. The van der Waals surface area contributed by atoms with Crippen LogP contribution in [0.1, 0.15) is 10.5 Å². The largest absolute Gasteiger partial charge is 0.379 e. The fraction of sp³-hybridized carbons (Fsp3) is 0.625. The minimum absolute atomic E-state index is 0.211. The van der Waals surface area contributed by atoms with Crippen LogP contribution in [-0.4, -0.2) is 91.1 Å². The van der Waals surface area contributed by atoms with Crippen molar-refractivity contribution in [2.75, 3.05) is 70.6 Å². The number of morpholine rings is 2. The molecule has 2 aromatic rings. The lowest BCUT2D eigenvalue weighted by Crippen LogP contribution is -2.41. The number of amides is 1. The monoisotopic (exact) mass is 394 g/mol. The predicted molar refractivity (Wildman–Crippen MR) is 99.8 cm³/mol. The SMILES string of the molecule is O=C(NCCN1CCOCC1)c1cc(=O)nc2sc(N3CCOCC3)nn12. The van der Waals surface area contributed by atoms with Crippen molar-refractivity contribution in [1.82, 2.24) is 24.8 Å². The van der Waals surface area contributed by atoms with Gasteiger partial charge >= 0.3 is 0 Å². The first kappa shape index (κ1) is 18.3. The third-order valence-corrected chi connectivity index (χ3v) is 5.54. The van der Waals surface area contributed by atoms with E-state index in [9.17, 15) is 9.59 Å². The summed E-state index contributed by atoms with van der Waals surface area (Å²) in [4.78, 5) is 33.3. The van der Waals surface area contributed by atoms with Crippen molar-refractivity contribution in [2.24, 2.45) is 0 Å². The van der Waals surface area contributed by atoms with Crippen molar-refractivity contribution in [3.05, 3.63) is 22.1 Å². The van der Waals surface area contributed by atoms with E-state index >= 15 is 0 Å². The Morgan fingerprint density at radius 1 is 1.15 bits per heavy atom. The van der Waals surface area contributed by atoms with Crippen molar-refractivity contribution in [2.45, 2.75) is 0 Å². The molecule has 2 aliphatic rings. The number of nitrogens with one attached hydrogen (secondary N) is 1. The molecule has 2 fully saturated rings. The van der Waals surface area contributed by atoms with Gasteiger partial charge in [0.05, 0.1) is 26.4 Å². The molecule has 1 N–H and O–H groups in total. The Hall–Kier alpha value is -2.08. The fourth-order valence-corrected chi connectivity index (χ4v) is 4.05. The molecular formula is C16H22N6O4S. The number of nitrogens with zero attached hydrogens (tertiary/aromatic N) is 5. The zero-order chi connectivity index (χ0) is 18.6. The summed E-state index contributed by atoms with van der Waals surface area (Å²) in [7, 11) is 0. The number of fused-ring (bicyclic) bond motifs is 1. The predicted octanol–water partition coefficient (Wildman–Crippen LogP) is -0.950. The maximum atomic E-state index is 12.6. The Morgan fingerprint density at radius 2 is 1.85 bits per heavy atom. The molecule has 2 aromatic heterocycles. The standard InChI is InChI=1S/C16H22N6O4S/c23-13-11-12(14(24)17-1-2-20-3-7-25-8-4-20)22-15(18-13)27-16(19-22)21-5-9-26-10-6-21/h11H,1-10H2,(H,17,24). The Morgan fingerprint density at radius 3 is 2.59 bits per heavy atom. The van der Waals surface area contributed by atoms with Crippen LogP contribution in [-0.2, 0) is 9.47 Å². The minimum Gasteiger partial charge on any atom is -0.379 e. The summed E-state index contributed by atoms with van der Waals surface area (Å²) in [5.74, 6) is -0.323. The molecule has 1 amide bonds. The smallest absolute Gasteiger partial charge is 0.274 e. The van der Waals surface area contributed by atoms with Crippen LogP contribution < -0.4 is 15.8 Å². The van der Waals surface area contributed by atoms with Gasteiger partial charge in [-0.05, 0) is 0 Å². The highest BCUT2D eigenvalue weighted by molar-refractivity contribution is 7.20. The number of rotatable bonds is 5. The maximum Gasteiger partial charge on any atom is 0.274 e. The van der Waals surface area contributed by atoms with Gasteiger partial charge in [-0.2, -0.15) is 9.50 Å². The van der Waals surface area contributed by atoms with Gasteiger partial charge in [0.2, 0.25) is 10.1 Å². The number of aromatic nitrogens is 3. The van der Waals surface area contributed by atoms with Crippen LogP contribution in [0.15, 0.2) is 10.9 Å². The number of anilines is 1. The first-order chi connectivity index (χ1) is 13.2. The molecule has 0 aromatic carbocycles. The van der Waals surface area contributed by atoms with Crippen molar-refractivity contribution in [1.29, 1.82) is 0 Å². The molecule has 4 heterocycles. The Kier molecular flexibility index (Phi) is 5.62. The van der Waals surface area contributed by atoms with Gasteiger partial charge in [-0.1, -0.05) is 11.3 Å². The van der Waals surface area contributed by atoms with E-state index in [1.165, 1.54) is 21.9 Å². The van der Waals surface area contributed by atoms with Crippen molar-refractivity contribution >= 4 is 27.3 Å². The quantitative estimate of drug-likeness (QED) is 0.693. The van der Waals surface area contributed by atoms with E-state index in [1.54, 1.807) is 0 Å². The van der Waals surface area contributed by atoms with Crippen LogP contribution >= 0.6 is 11.3 Å². The summed E-state index contributed by atoms with van der Waals surface area (Å²) in [6.07, 6.45) is 0. The second-order valence-electron chi connectivity index (χ2n) is 6.37. The molecule has 11 heteroatoms. The average Bonchev–Trinajstić information content (AvgIpc) is 3.12. The molecule has 2 aliphatic heterocycles. The number of hydrogen-bond donors (Lipinski definition) is 1. The molecule has 0 atom stereocenters. The first-order valence-electron chi connectivity index (χ1n) is 9.02. The number of carbonyl (C=O) groups is 1. The normalized spacial score (nSPS) is 18.7. The van der Waals surface area contributed by atoms with Crippen molar-refractivity contribution < 1.29 is 14.3 Å². The van der Waals surface area contributed by atoms with E-state index in [0.717, 1.165) is 51.1 Å². The zero-order valence-electron chi connectivity index (χ0n) is 14.9. The third kappa shape index (κ3) is 4.26. The molecule has 0 spiro atoms. The number of hydrogen-bond acceptors (Lipinski definition) is 9. The molecule has 10 nitrogen and oxygen atoms in total. The summed E-state index contributed by atoms with van der Waals surface area (Å²) < 4.78 is 12.1. The topological polar surface area (TPSA) is 101 Å². The van der Waals surface area contributed by atoms with Crippen LogP contribution in [0.5, 0.6) is 0 Å². The molecular weight excluding hydrogens is 372 g/mol. The zero-order valence-corrected chi connectivity index (χ0v) is 15.7. The molecule has 0 saturated carbocycles. The molecule has 0 aliphatic carbocycles. The second-order valence-corrected chi connectivity index (χ2v) is 7.30. The number of ether oxygens (including phenoxy) is 2. The van der Waals surface area contributed by atoms with E-state index in [2.05, 4.69) is 25.2 Å². The second kappa shape index (κ2) is 8.30. The molecule has 146 valence electrons. The Labute approximate surface area is 159 Å². The minimum atomic E-state index is -0.439. The lowest BCUT2D eigenvalue weighted by molar-refractivity contribution is 0.0383. The van der Waals surface area contributed by atoms with Gasteiger partial charge in [0, 0.05) is 45.3 Å². The van der Waals surface area contributed by atoms with Crippen LogP contribution in [0.4, 0.5) is 5.13 Å². The maximum absolute atomic E-state index is 12.6. The molecule has 4 rings (SSSR count). The molecule has 2 saturated heterocycles. The van der Waals surface area contributed by atoms with Crippen LogP contribution in [0.2, 0.25) is 0 Å². The van der Waals surface area contributed by atoms with Gasteiger partial charge in [-0.3, -0.25) is 14.5 Å². The highest BCUT2D eigenvalue weighted by Crippen LogP contribution is 2.23. The van der Waals surface area contributed by atoms with E-state index in [1.807, 2.05) is 0 Å². The van der Waals surface area contributed by atoms with Gasteiger partial charge in [-0.25, -0.2) is 0 Å². The average molecular weight is 394 g/mol. The summed E-state index contributed by atoms with van der Waals surface area (Å²) in [5, 5.41) is 8.12. The highest BCUT2D eigenvalue weighted by atomic mass is 32.1. The van der Waals surface area contributed by atoms with E-state index in [-0.39, 0.29) is 11.6 Å². The van der Waals surface area contributed by atoms with Gasteiger partial charge in [0.25, 0.3) is 11.5 Å². The summed E-state index contributed by atoms with van der Waals surface area (Å²) in [6, 6.07) is 1.24. The molecule has 0 radical (unpaired) electrons.